The highest BCUT2D eigenvalue weighted by molar-refractivity contribution is 5.92. The van der Waals surface area contributed by atoms with Gasteiger partial charge in [0.25, 0.3) is 5.91 Å². The Morgan fingerprint density at radius 3 is 2.84 bits per heavy atom. The van der Waals surface area contributed by atoms with E-state index in [1.54, 1.807) is 26.1 Å². The van der Waals surface area contributed by atoms with Crippen molar-refractivity contribution in [1.82, 2.24) is 25.1 Å². The van der Waals surface area contributed by atoms with Gasteiger partial charge in [-0.15, -0.1) is 0 Å². The number of aromatic nitrogens is 4. The monoisotopic (exact) mass is 261 g/mol. The maximum absolute atomic E-state index is 12.1. The van der Waals surface area contributed by atoms with Crippen LogP contribution in [0.25, 0.3) is 0 Å². The first-order chi connectivity index (χ1) is 9.10. The average Bonchev–Trinajstić information content (AvgIpc) is 2.83. The first kappa shape index (κ1) is 13.0. The molecule has 0 spiro atoms. The number of hydrogen-bond donors (Lipinski definition) is 3. The zero-order valence-electron chi connectivity index (χ0n) is 10.7. The maximum atomic E-state index is 12.1. The van der Waals surface area contributed by atoms with Crippen molar-refractivity contribution in [3.63, 3.8) is 0 Å². The molecule has 19 heavy (non-hydrogen) atoms. The van der Waals surface area contributed by atoms with Gasteiger partial charge in [-0.05, 0) is 19.1 Å². The summed E-state index contributed by atoms with van der Waals surface area (Å²) in [6.45, 7) is 2.13. The third kappa shape index (κ3) is 3.05. The van der Waals surface area contributed by atoms with Crippen LogP contribution in [0.15, 0.2) is 18.3 Å². The fourth-order valence-electron chi connectivity index (χ4n) is 1.54. The molecule has 2 aromatic heterocycles. The van der Waals surface area contributed by atoms with Gasteiger partial charge in [0.2, 0.25) is 0 Å². The number of aromatic amines is 1. The Bertz CT molecular complexity index is 563. The molecule has 0 aromatic carbocycles. The number of nitrogens with one attached hydrogen (secondary N) is 2. The van der Waals surface area contributed by atoms with Crippen LogP contribution in [-0.2, 0) is 6.54 Å². The third-order valence-corrected chi connectivity index (χ3v) is 2.52. The van der Waals surface area contributed by atoms with E-state index in [9.17, 15) is 4.79 Å². The van der Waals surface area contributed by atoms with Crippen LogP contribution in [0.1, 0.15) is 22.1 Å². The number of aryl methyl sites for hydroxylation is 1. The summed E-state index contributed by atoms with van der Waals surface area (Å²) in [4.78, 5) is 21.8. The van der Waals surface area contributed by atoms with Gasteiger partial charge < -0.3 is 10.3 Å². The highest BCUT2D eigenvalue weighted by Crippen LogP contribution is 2.07. The summed E-state index contributed by atoms with van der Waals surface area (Å²) in [6.07, 6.45) is 1.50. The summed E-state index contributed by atoms with van der Waals surface area (Å²) in [5, 5.41) is 6.71. The second-order valence-electron chi connectivity index (χ2n) is 4.07. The van der Waals surface area contributed by atoms with E-state index in [2.05, 4.69) is 25.6 Å². The van der Waals surface area contributed by atoms with Crippen molar-refractivity contribution in [2.24, 2.45) is 5.84 Å². The molecule has 0 saturated heterocycles. The summed E-state index contributed by atoms with van der Waals surface area (Å²) in [6, 6.07) is 3.29. The number of hydrazine groups is 1. The van der Waals surface area contributed by atoms with Crippen molar-refractivity contribution in [3.05, 3.63) is 35.7 Å². The second-order valence-corrected chi connectivity index (χ2v) is 4.07. The molecule has 8 heteroatoms. The molecule has 0 radical (unpaired) electrons. The van der Waals surface area contributed by atoms with Crippen molar-refractivity contribution in [2.75, 3.05) is 12.5 Å². The molecule has 0 fully saturated rings. The van der Waals surface area contributed by atoms with Gasteiger partial charge in [0.1, 0.15) is 11.5 Å². The van der Waals surface area contributed by atoms with Crippen molar-refractivity contribution in [2.45, 2.75) is 13.5 Å². The number of nitrogen functional groups attached to an aromatic ring is 1. The Morgan fingerprint density at radius 1 is 1.53 bits per heavy atom. The Hall–Kier alpha value is -2.48. The highest BCUT2D eigenvalue weighted by Gasteiger charge is 2.15. The van der Waals surface area contributed by atoms with Gasteiger partial charge in [-0.3, -0.25) is 15.7 Å². The first-order valence-corrected chi connectivity index (χ1v) is 5.66. The number of nitrogens with zero attached hydrogens (tertiary/aromatic N) is 4. The quantitative estimate of drug-likeness (QED) is 0.530. The minimum absolute atomic E-state index is 0.203. The van der Waals surface area contributed by atoms with Crippen LogP contribution in [0.2, 0.25) is 0 Å². The van der Waals surface area contributed by atoms with E-state index in [0.717, 1.165) is 0 Å². The largest absolute Gasteiger partial charge is 0.333 e. The molecular formula is C11H15N7O. The van der Waals surface area contributed by atoms with Gasteiger partial charge in [0, 0.05) is 7.05 Å². The summed E-state index contributed by atoms with van der Waals surface area (Å²) in [5.41, 5.74) is 3.44. The SMILES string of the molecule is Cc1nc(CN(C)C(=O)c2ccc(NN)cn2)n[nH]1. The molecule has 0 unspecified atom stereocenters. The van der Waals surface area contributed by atoms with Crippen LogP contribution in [0.5, 0.6) is 0 Å². The van der Waals surface area contributed by atoms with Crippen molar-refractivity contribution < 1.29 is 4.79 Å². The van der Waals surface area contributed by atoms with E-state index in [1.807, 2.05) is 0 Å². The van der Waals surface area contributed by atoms with Crippen LogP contribution in [-0.4, -0.2) is 38.0 Å². The molecule has 2 rings (SSSR count). The summed E-state index contributed by atoms with van der Waals surface area (Å²) in [7, 11) is 1.67. The van der Waals surface area contributed by atoms with Gasteiger partial charge >= 0.3 is 0 Å². The molecule has 4 N–H and O–H groups in total. The molecule has 2 heterocycles. The number of amides is 1. The molecule has 0 bridgehead atoms. The standard InChI is InChI=1S/C11H15N7O/c1-7-14-10(17-16-7)6-18(2)11(19)9-4-3-8(15-12)5-13-9/h3-5,15H,6,12H2,1-2H3,(H,14,16,17). The van der Waals surface area contributed by atoms with Crippen molar-refractivity contribution >= 4 is 11.6 Å². The van der Waals surface area contributed by atoms with Crippen LogP contribution in [0, 0.1) is 6.92 Å². The normalized spacial score (nSPS) is 10.3. The minimum atomic E-state index is -0.203. The van der Waals surface area contributed by atoms with Crippen LogP contribution < -0.4 is 11.3 Å². The Labute approximate surface area is 110 Å². The average molecular weight is 261 g/mol. The lowest BCUT2D eigenvalue weighted by Gasteiger charge is -2.14. The molecule has 0 atom stereocenters. The van der Waals surface area contributed by atoms with Crippen molar-refractivity contribution in [1.29, 1.82) is 0 Å². The van der Waals surface area contributed by atoms with Gasteiger partial charge in [0.15, 0.2) is 5.82 Å². The minimum Gasteiger partial charge on any atom is -0.333 e. The Kier molecular flexibility index (Phi) is 3.71. The van der Waals surface area contributed by atoms with E-state index >= 15 is 0 Å². The van der Waals surface area contributed by atoms with Crippen LogP contribution >= 0.6 is 0 Å². The summed E-state index contributed by atoms with van der Waals surface area (Å²) in [5.74, 6) is 6.31. The molecule has 0 aliphatic rings. The second kappa shape index (κ2) is 5.44. The molecule has 2 aromatic rings. The van der Waals surface area contributed by atoms with Crippen LogP contribution in [0.3, 0.4) is 0 Å². The fourth-order valence-corrected chi connectivity index (χ4v) is 1.54. The predicted molar refractivity (Wildman–Crippen MR) is 69.0 cm³/mol. The van der Waals surface area contributed by atoms with E-state index in [-0.39, 0.29) is 5.91 Å². The molecule has 0 aliphatic carbocycles. The number of pyridine rings is 1. The number of nitrogens with two attached hydrogens (primary N) is 1. The summed E-state index contributed by atoms with van der Waals surface area (Å²) >= 11 is 0. The lowest BCUT2D eigenvalue weighted by Crippen LogP contribution is -2.27. The number of hydrogen-bond acceptors (Lipinski definition) is 6. The van der Waals surface area contributed by atoms with Gasteiger partial charge in [-0.25, -0.2) is 9.97 Å². The van der Waals surface area contributed by atoms with Gasteiger partial charge in [-0.1, -0.05) is 0 Å². The molecule has 0 aliphatic heterocycles. The predicted octanol–water partition coefficient (Wildman–Crippen LogP) is 0.0659. The Balaban J connectivity index is 2.05. The maximum Gasteiger partial charge on any atom is 0.272 e. The van der Waals surface area contributed by atoms with E-state index < -0.39 is 0 Å². The lowest BCUT2D eigenvalue weighted by molar-refractivity contribution is 0.0776. The molecule has 8 nitrogen and oxygen atoms in total. The number of anilines is 1. The third-order valence-electron chi connectivity index (χ3n) is 2.52. The smallest absolute Gasteiger partial charge is 0.272 e. The number of rotatable bonds is 4. The number of carbonyl (C=O) groups excluding carboxylic acids is 1. The molecule has 100 valence electrons. The van der Waals surface area contributed by atoms with E-state index in [0.29, 0.717) is 29.6 Å². The zero-order valence-corrected chi connectivity index (χ0v) is 10.7. The molecular weight excluding hydrogens is 246 g/mol. The topological polar surface area (TPSA) is 113 Å². The Morgan fingerprint density at radius 2 is 2.32 bits per heavy atom. The van der Waals surface area contributed by atoms with Gasteiger partial charge in [0.05, 0.1) is 18.4 Å². The molecule has 0 saturated carbocycles. The number of H-pyrrole nitrogens is 1. The zero-order chi connectivity index (χ0) is 13.8. The fraction of sp³-hybridized carbons (Fsp3) is 0.273. The summed E-state index contributed by atoms with van der Waals surface area (Å²) < 4.78 is 0. The van der Waals surface area contributed by atoms with Crippen LogP contribution in [0.4, 0.5) is 5.69 Å². The van der Waals surface area contributed by atoms with Crippen molar-refractivity contribution in [3.8, 4) is 0 Å². The van der Waals surface area contributed by atoms with E-state index in [1.165, 1.54) is 11.1 Å². The van der Waals surface area contributed by atoms with E-state index in [4.69, 9.17) is 5.84 Å². The van der Waals surface area contributed by atoms with Gasteiger partial charge in [-0.2, -0.15) is 5.10 Å². The molecule has 1 amide bonds. The number of carbonyl (C=O) groups is 1. The lowest BCUT2D eigenvalue weighted by atomic mass is 10.3. The highest BCUT2D eigenvalue weighted by atomic mass is 16.2. The first-order valence-electron chi connectivity index (χ1n) is 5.66.